The quantitative estimate of drug-likeness (QED) is 0.751. The van der Waals surface area contributed by atoms with Gasteiger partial charge in [-0.25, -0.2) is 9.78 Å². The van der Waals surface area contributed by atoms with E-state index in [1.165, 1.54) is 18.9 Å². The van der Waals surface area contributed by atoms with Gasteiger partial charge in [-0.1, -0.05) is 27.7 Å². The Morgan fingerprint density at radius 3 is 2.88 bits per heavy atom. The van der Waals surface area contributed by atoms with Gasteiger partial charge in [0.1, 0.15) is 10.3 Å². The summed E-state index contributed by atoms with van der Waals surface area (Å²) in [6.45, 7) is 1.95. The Hall–Kier alpha value is -2.06. The van der Waals surface area contributed by atoms with Gasteiger partial charge in [-0.05, 0) is 36.8 Å². The number of aromatic nitrogens is 1. The summed E-state index contributed by atoms with van der Waals surface area (Å²) in [5.74, 6) is -0.368. The molecule has 0 fully saturated rings. The number of nitrogens with one attached hydrogen (secondary N) is 1. The van der Waals surface area contributed by atoms with Crippen molar-refractivity contribution in [3.63, 3.8) is 0 Å². The van der Waals surface area contributed by atoms with E-state index in [0.717, 1.165) is 32.0 Å². The molecule has 4 rings (SSSR count). The Kier molecular flexibility index (Phi) is 3.96. The molecule has 2 aliphatic heterocycles. The Bertz CT molecular complexity index is 905. The summed E-state index contributed by atoms with van der Waals surface area (Å²) in [6, 6.07) is 6.86. The van der Waals surface area contributed by atoms with Crippen LogP contribution < -0.4 is 10.2 Å². The van der Waals surface area contributed by atoms with Crippen LogP contribution in [0.1, 0.15) is 17.2 Å². The van der Waals surface area contributed by atoms with Gasteiger partial charge >= 0.3 is 12.0 Å². The van der Waals surface area contributed by atoms with Crippen LogP contribution in [-0.2, 0) is 9.53 Å². The minimum absolute atomic E-state index is 0.267. The topological polar surface area (TPSA) is 71.5 Å². The number of aryl methyl sites for hydroxylation is 1. The molecule has 0 saturated carbocycles. The standard InChI is InChI=1S/C17H14BrN3O3S/c1-8-7-9(18)3-4-10(8)21-11-5-6-19-15-12(11)13(20-17(21)23)14(25-15)16(22)24-2/h3-7,13-14H,1-2H3,(H,20,23). The summed E-state index contributed by atoms with van der Waals surface area (Å²) in [5, 5.41) is 3.17. The van der Waals surface area contributed by atoms with Gasteiger partial charge in [0, 0.05) is 16.2 Å². The highest BCUT2D eigenvalue weighted by Gasteiger charge is 2.47. The summed E-state index contributed by atoms with van der Waals surface area (Å²) in [4.78, 5) is 31.0. The lowest BCUT2D eigenvalue weighted by atomic mass is 10.00. The van der Waals surface area contributed by atoms with Crippen molar-refractivity contribution in [1.29, 1.82) is 0 Å². The third-order valence-electron chi connectivity index (χ3n) is 4.34. The third-order valence-corrected chi connectivity index (χ3v) is 6.10. The number of methoxy groups -OCH3 is 1. The fraction of sp³-hybridized carbons (Fsp3) is 0.235. The number of rotatable bonds is 2. The highest BCUT2D eigenvalue weighted by molar-refractivity contribution is 9.10. The Morgan fingerprint density at radius 2 is 2.16 bits per heavy atom. The molecule has 2 aliphatic rings. The average molecular weight is 420 g/mol. The molecule has 2 unspecified atom stereocenters. The van der Waals surface area contributed by atoms with E-state index >= 15 is 0 Å². The Balaban J connectivity index is 1.86. The van der Waals surface area contributed by atoms with E-state index in [2.05, 4.69) is 26.2 Å². The SMILES string of the molecule is COC(=O)C1Sc2nccc3c2C1NC(=O)N3c1ccc(Br)cc1C. The molecule has 0 saturated heterocycles. The van der Waals surface area contributed by atoms with Crippen molar-refractivity contribution in [3.05, 3.63) is 46.1 Å². The number of halogens is 1. The first-order valence-corrected chi connectivity index (χ1v) is 9.28. The number of carbonyl (C=O) groups is 2. The minimum atomic E-state index is -0.522. The summed E-state index contributed by atoms with van der Waals surface area (Å²) >= 11 is 4.77. The zero-order valence-corrected chi connectivity index (χ0v) is 15.8. The molecule has 2 aromatic rings. The number of esters is 1. The van der Waals surface area contributed by atoms with Crippen molar-refractivity contribution in [3.8, 4) is 0 Å². The predicted molar refractivity (Wildman–Crippen MR) is 98.2 cm³/mol. The predicted octanol–water partition coefficient (Wildman–Crippen LogP) is 3.70. The number of pyridine rings is 1. The lowest BCUT2D eigenvalue weighted by molar-refractivity contribution is -0.140. The molecular weight excluding hydrogens is 406 g/mol. The maximum absolute atomic E-state index is 12.9. The Labute approximate surface area is 157 Å². The summed E-state index contributed by atoms with van der Waals surface area (Å²) in [6.07, 6.45) is 1.66. The highest BCUT2D eigenvalue weighted by atomic mass is 79.9. The smallest absolute Gasteiger partial charge is 0.327 e. The van der Waals surface area contributed by atoms with Crippen molar-refractivity contribution in [2.24, 2.45) is 0 Å². The number of urea groups is 1. The van der Waals surface area contributed by atoms with Gasteiger partial charge in [0.2, 0.25) is 0 Å². The fourth-order valence-electron chi connectivity index (χ4n) is 3.23. The third kappa shape index (κ3) is 2.51. The molecule has 1 aromatic carbocycles. The first-order chi connectivity index (χ1) is 12.0. The average Bonchev–Trinajstić information content (AvgIpc) is 2.95. The molecule has 0 spiro atoms. The van der Waals surface area contributed by atoms with Crippen LogP contribution in [0.4, 0.5) is 16.2 Å². The molecule has 0 aliphatic carbocycles. The van der Waals surface area contributed by atoms with E-state index < -0.39 is 11.3 Å². The number of hydrogen-bond donors (Lipinski definition) is 1. The zero-order chi connectivity index (χ0) is 17.7. The van der Waals surface area contributed by atoms with E-state index in [9.17, 15) is 9.59 Å². The van der Waals surface area contributed by atoms with Gasteiger partial charge < -0.3 is 10.1 Å². The molecular formula is C17H14BrN3O3S. The lowest BCUT2D eigenvalue weighted by Gasteiger charge is -2.34. The molecule has 3 heterocycles. The van der Waals surface area contributed by atoms with Gasteiger partial charge in [0.05, 0.1) is 24.5 Å². The molecule has 25 heavy (non-hydrogen) atoms. The van der Waals surface area contributed by atoms with Crippen molar-refractivity contribution >= 4 is 51.1 Å². The second-order valence-electron chi connectivity index (χ2n) is 5.80. The number of thioether (sulfide) groups is 1. The molecule has 0 bridgehead atoms. The van der Waals surface area contributed by atoms with Crippen LogP contribution >= 0.6 is 27.7 Å². The van der Waals surface area contributed by atoms with Crippen molar-refractivity contribution in [1.82, 2.24) is 10.3 Å². The van der Waals surface area contributed by atoms with Gasteiger partial charge in [-0.15, -0.1) is 0 Å². The maximum Gasteiger partial charge on any atom is 0.327 e. The van der Waals surface area contributed by atoms with Gasteiger partial charge in [-0.3, -0.25) is 9.69 Å². The zero-order valence-electron chi connectivity index (χ0n) is 13.4. The monoisotopic (exact) mass is 419 g/mol. The van der Waals surface area contributed by atoms with Crippen molar-refractivity contribution in [2.75, 3.05) is 12.0 Å². The largest absolute Gasteiger partial charge is 0.468 e. The molecule has 1 aromatic heterocycles. The summed E-state index contributed by atoms with van der Waals surface area (Å²) in [7, 11) is 1.35. The van der Waals surface area contributed by atoms with Crippen molar-refractivity contribution in [2.45, 2.75) is 23.2 Å². The fourth-order valence-corrected chi connectivity index (χ4v) is 4.96. The van der Waals surface area contributed by atoms with E-state index in [1.54, 1.807) is 11.1 Å². The van der Waals surface area contributed by atoms with Crippen LogP contribution in [0.25, 0.3) is 0 Å². The van der Waals surface area contributed by atoms with E-state index in [4.69, 9.17) is 4.74 Å². The lowest BCUT2D eigenvalue weighted by Crippen LogP contribution is -2.47. The van der Waals surface area contributed by atoms with Gasteiger partial charge in [0.25, 0.3) is 0 Å². The normalized spacial score (nSPS) is 20.9. The van der Waals surface area contributed by atoms with Gasteiger partial charge in [-0.2, -0.15) is 0 Å². The summed E-state index contributed by atoms with van der Waals surface area (Å²) in [5.41, 5.74) is 3.37. The number of hydrogen-bond acceptors (Lipinski definition) is 5. The van der Waals surface area contributed by atoms with Crippen LogP contribution in [-0.4, -0.2) is 29.3 Å². The molecule has 2 amide bonds. The molecule has 1 N–H and O–H groups in total. The number of nitrogens with zero attached hydrogens (tertiary/aromatic N) is 2. The second kappa shape index (κ2) is 6.03. The van der Waals surface area contributed by atoms with E-state index in [0.29, 0.717) is 0 Å². The number of amides is 2. The first-order valence-electron chi connectivity index (χ1n) is 7.61. The Morgan fingerprint density at radius 1 is 1.36 bits per heavy atom. The van der Waals surface area contributed by atoms with Crippen LogP contribution in [0.5, 0.6) is 0 Å². The van der Waals surface area contributed by atoms with Crippen LogP contribution in [0.15, 0.2) is 40.0 Å². The minimum Gasteiger partial charge on any atom is -0.468 e. The second-order valence-corrected chi connectivity index (χ2v) is 7.85. The highest BCUT2D eigenvalue weighted by Crippen LogP contribution is 2.51. The van der Waals surface area contributed by atoms with E-state index in [-0.39, 0.29) is 12.0 Å². The first kappa shape index (κ1) is 16.4. The van der Waals surface area contributed by atoms with Crippen molar-refractivity contribution < 1.29 is 14.3 Å². The number of anilines is 2. The summed E-state index contributed by atoms with van der Waals surface area (Å²) < 4.78 is 5.83. The number of carbonyl (C=O) groups excluding carboxylic acids is 2. The molecule has 128 valence electrons. The number of ether oxygens (including phenoxy) is 1. The maximum atomic E-state index is 12.9. The van der Waals surface area contributed by atoms with Crippen LogP contribution in [0.3, 0.4) is 0 Å². The molecule has 0 radical (unpaired) electrons. The number of benzene rings is 1. The van der Waals surface area contributed by atoms with Crippen LogP contribution in [0, 0.1) is 6.92 Å². The van der Waals surface area contributed by atoms with Gasteiger partial charge in [0.15, 0.2) is 0 Å². The molecule has 2 atom stereocenters. The van der Waals surface area contributed by atoms with Crippen LogP contribution in [0.2, 0.25) is 0 Å². The molecule has 8 heteroatoms. The van der Waals surface area contributed by atoms with E-state index in [1.807, 2.05) is 31.2 Å². The molecule has 6 nitrogen and oxygen atoms in total.